The van der Waals surface area contributed by atoms with Crippen molar-refractivity contribution in [1.82, 2.24) is 5.32 Å². The predicted octanol–water partition coefficient (Wildman–Crippen LogP) is 3.67. The van der Waals surface area contributed by atoms with Gasteiger partial charge in [0.15, 0.2) is 0 Å². The van der Waals surface area contributed by atoms with Crippen molar-refractivity contribution in [2.75, 3.05) is 13.1 Å². The number of hydrogen-bond donors (Lipinski definition) is 2. The quantitative estimate of drug-likeness (QED) is 0.720. The standard InChI is InChI=1S/C19H30N2O/c20-14-4-5-15-21-19(22)18-12-10-17(11-13-18)9-8-16-6-2-1-3-7-16/h10-13,16H,1-9,14-15,20H2,(H,21,22). The van der Waals surface area contributed by atoms with Crippen LogP contribution in [-0.2, 0) is 6.42 Å². The van der Waals surface area contributed by atoms with Gasteiger partial charge in [0.2, 0.25) is 0 Å². The number of carbonyl (C=O) groups is 1. The molecular weight excluding hydrogens is 272 g/mol. The van der Waals surface area contributed by atoms with Crippen molar-refractivity contribution >= 4 is 5.91 Å². The number of nitrogens with two attached hydrogens (primary N) is 1. The van der Waals surface area contributed by atoms with E-state index in [9.17, 15) is 4.79 Å². The van der Waals surface area contributed by atoms with Gasteiger partial charge in [-0.3, -0.25) is 4.79 Å². The summed E-state index contributed by atoms with van der Waals surface area (Å²) in [6, 6.07) is 8.12. The molecule has 2 rings (SSSR count). The third-order valence-corrected chi connectivity index (χ3v) is 4.70. The molecule has 0 aromatic heterocycles. The van der Waals surface area contributed by atoms with Crippen molar-refractivity contribution < 1.29 is 4.79 Å². The zero-order valence-electron chi connectivity index (χ0n) is 13.7. The largest absolute Gasteiger partial charge is 0.352 e. The Balaban J connectivity index is 1.73. The second-order valence-corrected chi connectivity index (χ2v) is 6.49. The Labute approximate surface area is 134 Å². The zero-order valence-corrected chi connectivity index (χ0v) is 13.7. The van der Waals surface area contributed by atoms with Crippen LogP contribution in [0, 0.1) is 5.92 Å². The normalized spacial score (nSPS) is 15.7. The van der Waals surface area contributed by atoms with E-state index in [1.54, 1.807) is 0 Å². The summed E-state index contributed by atoms with van der Waals surface area (Å²) in [5.41, 5.74) is 7.55. The van der Waals surface area contributed by atoms with Gasteiger partial charge in [0.25, 0.3) is 5.91 Å². The third kappa shape index (κ3) is 5.80. The van der Waals surface area contributed by atoms with Gasteiger partial charge in [0, 0.05) is 12.1 Å². The summed E-state index contributed by atoms with van der Waals surface area (Å²) in [6.45, 7) is 1.39. The summed E-state index contributed by atoms with van der Waals surface area (Å²) < 4.78 is 0. The van der Waals surface area contributed by atoms with Crippen LogP contribution in [0.4, 0.5) is 0 Å². The lowest BCUT2D eigenvalue weighted by Crippen LogP contribution is -2.24. The molecule has 1 amide bonds. The molecule has 3 nitrogen and oxygen atoms in total. The van der Waals surface area contributed by atoms with Gasteiger partial charge in [-0.2, -0.15) is 0 Å². The highest BCUT2D eigenvalue weighted by Gasteiger charge is 2.13. The van der Waals surface area contributed by atoms with E-state index in [0.29, 0.717) is 13.1 Å². The average Bonchev–Trinajstić information content (AvgIpc) is 2.58. The molecule has 122 valence electrons. The molecule has 0 heterocycles. The van der Waals surface area contributed by atoms with Crippen molar-refractivity contribution in [3.63, 3.8) is 0 Å². The van der Waals surface area contributed by atoms with Crippen LogP contribution < -0.4 is 11.1 Å². The molecule has 0 saturated heterocycles. The molecule has 0 aliphatic heterocycles. The smallest absolute Gasteiger partial charge is 0.251 e. The van der Waals surface area contributed by atoms with E-state index in [1.807, 2.05) is 12.1 Å². The van der Waals surface area contributed by atoms with E-state index in [4.69, 9.17) is 5.73 Å². The van der Waals surface area contributed by atoms with Gasteiger partial charge in [0.1, 0.15) is 0 Å². The molecular formula is C19H30N2O. The highest BCUT2D eigenvalue weighted by atomic mass is 16.1. The fourth-order valence-electron chi connectivity index (χ4n) is 3.24. The molecule has 1 saturated carbocycles. The lowest BCUT2D eigenvalue weighted by molar-refractivity contribution is 0.0953. The van der Waals surface area contributed by atoms with E-state index in [0.717, 1.165) is 30.7 Å². The summed E-state index contributed by atoms with van der Waals surface area (Å²) >= 11 is 0. The maximum atomic E-state index is 12.0. The van der Waals surface area contributed by atoms with Gasteiger partial charge in [-0.1, -0.05) is 44.2 Å². The maximum absolute atomic E-state index is 12.0. The molecule has 0 unspecified atom stereocenters. The number of amides is 1. The summed E-state index contributed by atoms with van der Waals surface area (Å²) in [6.07, 6.45) is 11.4. The van der Waals surface area contributed by atoms with Crippen molar-refractivity contribution in [1.29, 1.82) is 0 Å². The molecule has 0 spiro atoms. The fraction of sp³-hybridized carbons (Fsp3) is 0.632. The van der Waals surface area contributed by atoms with Gasteiger partial charge < -0.3 is 11.1 Å². The Kier molecular flexibility index (Phi) is 7.44. The average molecular weight is 302 g/mol. The molecule has 1 fully saturated rings. The fourth-order valence-corrected chi connectivity index (χ4v) is 3.24. The second kappa shape index (κ2) is 9.62. The third-order valence-electron chi connectivity index (χ3n) is 4.70. The number of aryl methyl sites for hydroxylation is 1. The van der Waals surface area contributed by atoms with Crippen molar-refractivity contribution in [2.45, 2.75) is 57.8 Å². The van der Waals surface area contributed by atoms with E-state index in [-0.39, 0.29) is 5.91 Å². The first kappa shape index (κ1) is 17.0. The molecule has 1 aromatic carbocycles. The van der Waals surface area contributed by atoms with Crippen LogP contribution in [0.15, 0.2) is 24.3 Å². The summed E-state index contributed by atoms with van der Waals surface area (Å²) in [5, 5.41) is 2.94. The Morgan fingerprint density at radius 1 is 1.09 bits per heavy atom. The molecule has 1 aliphatic rings. The zero-order chi connectivity index (χ0) is 15.6. The molecule has 0 radical (unpaired) electrons. The molecule has 22 heavy (non-hydrogen) atoms. The topological polar surface area (TPSA) is 55.1 Å². The van der Waals surface area contributed by atoms with Crippen LogP contribution in [-0.4, -0.2) is 19.0 Å². The molecule has 1 aliphatic carbocycles. The van der Waals surface area contributed by atoms with Crippen molar-refractivity contribution in [3.8, 4) is 0 Å². The van der Waals surface area contributed by atoms with Crippen LogP contribution in [0.5, 0.6) is 0 Å². The molecule has 1 aromatic rings. The number of nitrogens with one attached hydrogen (secondary N) is 1. The molecule has 3 N–H and O–H groups in total. The predicted molar refractivity (Wildman–Crippen MR) is 92.0 cm³/mol. The second-order valence-electron chi connectivity index (χ2n) is 6.49. The van der Waals surface area contributed by atoms with E-state index in [2.05, 4.69) is 17.4 Å². The van der Waals surface area contributed by atoms with Crippen LogP contribution in [0.2, 0.25) is 0 Å². The highest BCUT2D eigenvalue weighted by molar-refractivity contribution is 5.94. The Hall–Kier alpha value is -1.35. The van der Waals surface area contributed by atoms with Crippen LogP contribution in [0.25, 0.3) is 0 Å². The van der Waals surface area contributed by atoms with E-state index >= 15 is 0 Å². The van der Waals surface area contributed by atoms with Crippen molar-refractivity contribution in [3.05, 3.63) is 35.4 Å². The molecule has 3 heteroatoms. The van der Waals surface area contributed by atoms with Gasteiger partial charge in [0.05, 0.1) is 0 Å². The summed E-state index contributed by atoms with van der Waals surface area (Å²) in [4.78, 5) is 12.0. The van der Waals surface area contributed by atoms with Crippen LogP contribution >= 0.6 is 0 Å². The monoisotopic (exact) mass is 302 g/mol. The Bertz CT molecular complexity index is 435. The first-order valence-electron chi connectivity index (χ1n) is 8.87. The van der Waals surface area contributed by atoms with Crippen LogP contribution in [0.1, 0.15) is 67.3 Å². The highest BCUT2D eigenvalue weighted by Crippen LogP contribution is 2.27. The van der Waals surface area contributed by atoms with Crippen molar-refractivity contribution in [2.24, 2.45) is 11.7 Å². The first-order chi connectivity index (χ1) is 10.8. The SMILES string of the molecule is NCCCCNC(=O)c1ccc(CCC2CCCCC2)cc1. The summed E-state index contributed by atoms with van der Waals surface area (Å²) in [7, 11) is 0. The number of carbonyl (C=O) groups excluding carboxylic acids is 1. The van der Waals surface area contributed by atoms with E-state index in [1.165, 1.54) is 44.1 Å². The minimum absolute atomic E-state index is 0.0239. The van der Waals surface area contributed by atoms with Crippen LogP contribution in [0.3, 0.4) is 0 Å². The number of rotatable bonds is 8. The minimum Gasteiger partial charge on any atom is -0.352 e. The lowest BCUT2D eigenvalue weighted by Gasteiger charge is -2.21. The van der Waals surface area contributed by atoms with Gasteiger partial charge in [-0.05, 0) is 55.8 Å². The minimum atomic E-state index is 0.0239. The lowest BCUT2D eigenvalue weighted by atomic mass is 9.85. The van der Waals surface area contributed by atoms with Gasteiger partial charge in [-0.15, -0.1) is 0 Å². The maximum Gasteiger partial charge on any atom is 0.251 e. The molecule has 0 atom stereocenters. The van der Waals surface area contributed by atoms with E-state index < -0.39 is 0 Å². The number of hydrogen-bond acceptors (Lipinski definition) is 2. The molecule has 0 bridgehead atoms. The number of benzene rings is 1. The summed E-state index contributed by atoms with van der Waals surface area (Å²) in [5.74, 6) is 0.940. The Morgan fingerprint density at radius 3 is 2.50 bits per heavy atom. The first-order valence-corrected chi connectivity index (χ1v) is 8.87. The Morgan fingerprint density at radius 2 is 1.82 bits per heavy atom. The van der Waals surface area contributed by atoms with Gasteiger partial charge >= 0.3 is 0 Å². The number of unbranched alkanes of at least 4 members (excludes halogenated alkanes) is 1. The van der Waals surface area contributed by atoms with Gasteiger partial charge in [-0.25, -0.2) is 0 Å².